The largest absolute Gasteiger partial charge is 0.378 e. The Labute approximate surface area is 156 Å². The van der Waals surface area contributed by atoms with E-state index in [9.17, 15) is 4.57 Å². The van der Waals surface area contributed by atoms with Gasteiger partial charge in [-0.3, -0.25) is 4.57 Å². The van der Waals surface area contributed by atoms with Crippen molar-refractivity contribution in [2.24, 2.45) is 0 Å². The number of anilines is 2. The molecule has 142 valence electrons. The average Bonchev–Trinajstić information content (AvgIpc) is 2.61. The van der Waals surface area contributed by atoms with E-state index >= 15 is 0 Å². The van der Waals surface area contributed by atoms with Crippen LogP contribution in [0.15, 0.2) is 48.5 Å². The first-order chi connectivity index (χ1) is 12.4. The molecule has 0 radical (unpaired) electrons. The predicted octanol–water partition coefficient (Wildman–Crippen LogP) is 5.44. The maximum atomic E-state index is 13.5. The molecule has 0 unspecified atom stereocenters. The summed E-state index contributed by atoms with van der Waals surface area (Å²) in [6, 6.07) is 15.9. The van der Waals surface area contributed by atoms with Crippen LogP contribution in [0.4, 0.5) is 11.4 Å². The number of hydrogen-bond acceptors (Lipinski definition) is 5. The fraction of sp³-hybridized carbons (Fsp3) is 0.400. The van der Waals surface area contributed by atoms with Crippen molar-refractivity contribution in [1.82, 2.24) is 0 Å². The highest BCUT2D eigenvalue weighted by molar-refractivity contribution is 7.54. The lowest BCUT2D eigenvalue weighted by Gasteiger charge is -2.28. The highest BCUT2D eigenvalue weighted by Gasteiger charge is 2.37. The SMILES string of the molecule is CCOP(=O)(OCC)[C@H](Nc1ccc(C)cc1)c1ccc(N(C)C)cc1. The summed E-state index contributed by atoms with van der Waals surface area (Å²) in [7, 11) is 0.585. The summed E-state index contributed by atoms with van der Waals surface area (Å²) in [6.45, 7) is 6.32. The van der Waals surface area contributed by atoms with Crippen LogP contribution in [0, 0.1) is 6.92 Å². The van der Waals surface area contributed by atoms with Crippen molar-refractivity contribution in [2.75, 3.05) is 37.5 Å². The lowest BCUT2D eigenvalue weighted by atomic mass is 10.2. The summed E-state index contributed by atoms with van der Waals surface area (Å²) in [5.41, 5.74) is 3.98. The molecule has 2 aromatic carbocycles. The Kier molecular flexibility index (Phi) is 7.27. The molecule has 0 fully saturated rings. The fourth-order valence-corrected chi connectivity index (χ4v) is 4.59. The van der Waals surface area contributed by atoms with Gasteiger partial charge in [0.25, 0.3) is 0 Å². The number of benzene rings is 2. The second-order valence-electron chi connectivity index (χ2n) is 6.27. The molecule has 0 amide bonds. The molecule has 5 nitrogen and oxygen atoms in total. The Morgan fingerprint density at radius 1 is 0.962 bits per heavy atom. The van der Waals surface area contributed by atoms with Crippen LogP contribution in [-0.2, 0) is 13.6 Å². The van der Waals surface area contributed by atoms with E-state index in [1.54, 1.807) is 0 Å². The summed E-state index contributed by atoms with van der Waals surface area (Å²) in [5.74, 6) is -0.582. The smallest absolute Gasteiger partial charge is 0.357 e. The van der Waals surface area contributed by atoms with E-state index in [1.807, 2.05) is 88.3 Å². The minimum atomic E-state index is -3.39. The second-order valence-corrected chi connectivity index (χ2v) is 8.39. The van der Waals surface area contributed by atoms with Crippen molar-refractivity contribution in [1.29, 1.82) is 0 Å². The summed E-state index contributed by atoms with van der Waals surface area (Å²) >= 11 is 0. The monoisotopic (exact) mass is 376 g/mol. The zero-order valence-corrected chi connectivity index (χ0v) is 17.1. The number of hydrogen-bond donors (Lipinski definition) is 1. The van der Waals surface area contributed by atoms with Crippen molar-refractivity contribution in [3.8, 4) is 0 Å². The third-order valence-corrected chi connectivity index (χ3v) is 6.31. The van der Waals surface area contributed by atoms with Gasteiger partial charge in [-0.05, 0) is 50.6 Å². The highest BCUT2D eigenvalue weighted by atomic mass is 31.2. The molecule has 0 bridgehead atoms. The first-order valence-electron chi connectivity index (χ1n) is 8.89. The molecule has 0 saturated carbocycles. The molecular formula is C20H29N2O3P. The fourth-order valence-electron chi connectivity index (χ4n) is 2.65. The van der Waals surface area contributed by atoms with Crippen molar-refractivity contribution < 1.29 is 13.6 Å². The zero-order valence-electron chi connectivity index (χ0n) is 16.2. The van der Waals surface area contributed by atoms with Gasteiger partial charge in [-0.2, -0.15) is 0 Å². The van der Waals surface area contributed by atoms with Crippen LogP contribution in [0.1, 0.15) is 30.8 Å². The molecular weight excluding hydrogens is 347 g/mol. The van der Waals surface area contributed by atoms with Gasteiger partial charge in [0.15, 0.2) is 5.78 Å². The molecule has 26 heavy (non-hydrogen) atoms. The quantitative estimate of drug-likeness (QED) is 0.591. The van der Waals surface area contributed by atoms with Crippen LogP contribution in [0.2, 0.25) is 0 Å². The third kappa shape index (κ3) is 5.10. The number of aryl methyl sites for hydroxylation is 1. The predicted molar refractivity (Wildman–Crippen MR) is 109 cm³/mol. The van der Waals surface area contributed by atoms with Gasteiger partial charge in [0.05, 0.1) is 13.2 Å². The van der Waals surface area contributed by atoms with Gasteiger partial charge in [-0.25, -0.2) is 0 Å². The Balaban J connectivity index is 2.42. The van der Waals surface area contributed by atoms with Gasteiger partial charge in [-0.1, -0.05) is 29.8 Å². The first kappa shape index (κ1) is 20.5. The van der Waals surface area contributed by atoms with Crippen molar-refractivity contribution >= 4 is 19.0 Å². The molecule has 1 atom stereocenters. The highest BCUT2D eigenvalue weighted by Crippen LogP contribution is 2.60. The Hall–Kier alpha value is -1.81. The zero-order chi connectivity index (χ0) is 19.2. The van der Waals surface area contributed by atoms with Gasteiger partial charge in [0, 0.05) is 25.5 Å². The molecule has 0 spiro atoms. The molecule has 0 aliphatic carbocycles. The summed E-state index contributed by atoms with van der Waals surface area (Å²) in [5, 5.41) is 3.35. The van der Waals surface area contributed by atoms with E-state index in [0.717, 1.165) is 16.9 Å². The number of rotatable bonds is 9. The Bertz CT molecular complexity index is 720. The van der Waals surface area contributed by atoms with Gasteiger partial charge in [0.1, 0.15) is 0 Å². The molecule has 6 heteroatoms. The van der Waals surface area contributed by atoms with Crippen LogP contribution in [0.5, 0.6) is 0 Å². The molecule has 1 N–H and O–H groups in total. The van der Waals surface area contributed by atoms with Gasteiger partial charge in [0.2, 0.25) is 0 Å². The van der Waals surface area contributed by atoms with Crippen LogP contribution < -0.4 is 10.2 Å². The number of nitrogens with zero attached hydrogens (tertiary/aromatic N) is 1. The minimum Gasteiger partial charge on any atom is -0.378 e. The topological polar surface area (TPSA) is 50.8 Å². The average molecular weight is 376 g/mol. The maximum absolute atomic E-state index is 13.5. The second kappa shape index (κ2) is 9.22. The summed E-state index contributed by atoms with van der Waals surface area (Å²) in [6.07, 6.45) is 0. The van der Waals surface area contributed by atoms with Crippen LogP contribution in [-0.4, -0.2) is 27.3 Å². The number of nitrogens with one attached hydrogen (secondary N) is 1. The van der Waals surface area contributed by atoms with Crippen molar-refractivity contribution in [3.05, 3.63) is 59.7 Å². The third-order valence-electron chi connectivity index (χ3n) is 4.01. The van der Waals surface area contributed by atoms with Gasteiger partial charge >= 0.3 is 7.60 Å². The van der Waals surface area contributed by atoms with Gasteiger partial charge in [-0.15, -0.1) is 0 Å². The normalized spacial score (nSPS) is 12.7. The first-order valence-corrected chi connectivity index (χ1v) is 10.5. The van der Waals surface area contributed by atoms with E-state index in [1.165, 1.54) is 5.56 Å². The molecule has 0 heterocycles. The van der Waals surface area contributed by atoms with Crippen molar-refractivity contribution in [3.63, 3.8) is 0 Å². The molecule has 0 aromatic heterocycles. The van der Waals surface area contributed by atoms with Gasteiger partial charge < -0.3 is 19.3 Å². The van der Waals surface area contributed by atoms with E-state index in [0.29, 0.717) is 13.2 Å². The molecule has 0 saturated heterocycles. The Morgan fingerprint density at radius 2 is 1.50 bits per heavy atom. The molecule has 2 aromatic rings. The summed E-state index contributed by atoms with van der Waals surface area (Å²) < 4.78 is 24.7. The van der Waals surface area contributed by atoms with Crippen LogP contribution in [0.25, 0.3) is 0 Å². The lowest BCUT2D eigenvalue weighted by Crippen LogP contribution is -2.16. The standard InChI is InChI=1S/C20H29N2O3P/c1-6-24-26(23,25-7-2)20(21-18-12-8-16(3)9-13-18)17-10-14-19(15-11-17)22(4)5/h8-15,20-21H,6-7H2,1-5H3/t20-/m0/s1. The van der Waals surface area contributed by atoms with E-state index in [4.69, 9.17) is 9.05 Å². The van der Waals surface area contributed by atoms with E-state index < -0.39 is 13.4 Å². The van der Waals surface area contributed by atoms with E-state index in [-0.39, 0.29) is 0 Å². The van der Waals surface area contributed by atoms with Crippen LogP contribution in [0.3, 0.4) is 0 Å². The summed E-state index contributed by atoms with van der Waals surface area (Å²) in [4.78, 5) is 2.02. The Morgan fingerprint density at radius 3 is 1.96 bits per heavy atom. The van der Waals surface area contributed by atoms with Crippen LogP contribution >= 0.6 is 7.60 Å². The molecule has 0 aliphatic rings. The molecule has 2 rings (SSSR count). The maximum Gasteiger partial charge on any atom is 0.357 e. The molecule has 0 aliphatic heterocycles. The van der Waals surface area contributed by atoms with E-state index in [2.05, 4.69) is 5.32 Å². The lowest BCUT2D eigenvalue weighted by molar-refractivity contribution is 0.214. The van der Waals surface area contributed by atoms with Crippen molar-refractivity contribution in [2.45, 2.75) is 26.6 Å². The minimum absolute atomic E-state index is 0.319.